The van der Waals surface area contributed by atoms with Gasteiger partial charge in [0.1, 0.15) is 5.82 Å². The number of carbonyl (C=O) groups excluding carboxylic acids is 1. The summed E-state index contributed by atoms with van der Waals surface area (Å²) in [6.45, 7) is 0.204. The van der Waals surface area contributed by atoms with Crippen LogP contribution in [-0.4, -0.2) is 35.5 Å². The van der Waals surface area contributed by atoms with Crippen LogP contribution in [0.4, 0.5) is 24.9 Å². The van der Waals surface area contributed by atoms with Crippen LogP contribution in [0.5, 0.6) is 0 Å². The van der Waals surface area contributed by atoms with Crippen molar-refractivity contribution < 1.29 is 18.0 Å². The van der Waals surface area contributed by atoms with Crippen molar-refractivity contribution in [3.05, 3.63) is 11.8 Å². The van der Waals surface area contributed by atoms with Crippen molar-refractivity contribution in [3.8, 4) is 0 Å². The zero-order chi connectivity index (χ0) is 15.5. The second-order valence-electron chi connectivity index (χ2n) is 4.73. The van der Waals surface area contributed by atoms with Crippen LogP contribution in [-0.2, 0) is 11.0 Å². The minimum atomic E-state index is -4.55. The minimum Gasteiger partial charge on any atom is -0.369 e. The van der Waals surface area contributed by atoms with Gasteiger partial charge in [0, 0.05) is 32.1 Å². The molecule has 1 fully saturated rings. The zero-order valence-corrected chi connectivity index (χ0v) is 11.4. The molecule has 1 heterocycles. The Labute approximate surface area is 119 Å². The van der Waals surface area contributed by atoms with Crippen LogP contribution in [0.25, 0.3) is 0 Å². The number of anilines is 2. The van der Waals surface area contributed by atoms with Gasteiger partial charge in [0.15, 0.2) is 5.69 Å². The molecule has 0 bridgehead atoms. The Balaban J connectivity index is 1.93. The number of alkyl halides is 3. The van der Waals surface area contributed by atoms with E-state index in [4.69, 9.17) is 0 Å². The molecule has 2 rings (SSSR count). The van der Waals surface area contributed by atoms with Gasteiger partial charge < -0.3 is 16.0 Å². The number of halogens is 3. The molecule has 1 saturated carbocycles. The van der Waals surface area contributed by atoms with E-state index in [0.717, 1.165) is 18.9 Å². The Morgan fingerprint density at radius 2 is 2.10 bits per heavy atom. The van der Waals surface area contributed by atoms with Gasteiger partial charge in [-0.05, 0) is 12.8 Å². The van der Waals surface area contributed by atoms with Gasteiger partial charge in [-0.1, -0.05) is 0 Å². The molecular formula is C12H16F3N5O. The van der Waals surface area contributed by atoms with Crippen LogP contribution in [0.2, 0.25) is 0 Å². The van der Waals surface area contributed by atoms with Crippen molar-refractivity contribution in [2.45, 2.75) is 31.5 Å². The Bertz CT molecular complexity index is 516. The van der Waals surface area contributed by atoms with Gasteiger partial charge in [0.25, 0.3) is 0 Å². The van der Waals surface area contributed by atoms with E-state index in [9.17, 15) is 18.0 Å². The highest BCUT2D eigenvalue weighted by Gasteiger charge is 2.33. The number of carbonyl (C=O) groups is 1. The summed E-state index contributed by atoms with van der Waals surface area (Å²) >= 11 is 0. The van der Waals surface area contributed by atoms with Gasteiger partial charge in [-0.2, -0.15) is 18.2 Å². The van der Waals surface area contributed by atoms with E-state index in [1.54, 1.807) is 0 Å². The van der Waals surface area contributed by atoms with Crippen LogP contribution < -0.4 is 16.0 Å². The highest BCUT2D eigenvalue weighted by molar-refractivity contribution is 5.77. The zero-order valence-electron chi connectivity index (χ0n) is 11.4. The number of hydrogen-bond donors (Lipinski definition) is 3. The summed E-state index contributed by atoms with van der Waals surface area (Å²) in [6.07, 6.45) is -2.39. The maximum atomic E-state index is 12.7. The van der Waals surface area contributed by atoms with Crippen LogP contribution in [0.1, 0.15) is 25.0 Å². The molecule has 1 aromatic rings. The van der Waals surface area contributed by atoms with E-state index in [2.05, 4.69) is 25.9 Å². The lowest BCUT2D eigenvalue weighted by molar-refractivity contribution is -0.141. The molecule has 0 aliphatic heterocycles. The van der Waals surface area contributed by atoms with E-state index >= 15 is 0 Å². The Morgan fingerprint density at radius 3 is 2.67 bits per heavy atom. The third-order valence-corrected chi connectivity index (χ3v) is 2.84. The number of hydrogen-bond acceptors (Lipinski definition) is 5. The SMILES string of the molecule is CNc1nc(NCCC(=O)NC2CC2)cc(C(F)(F)F)n1. The van der Waals surface area contributed by atoms with Crippen LogP contribution in [0.15, 0.2) is 6.07 Å². The molecule has 0 spiro atoms. The van der Waals surface area contributed by atoms with Gasteiger partial charge >= 0.3 is 6.18 Å². The van der Waals surface area contributed by atoms with Gasteiger partial charge in [-0.25, -0.2) is 4.98 Å². The fraction of sp³-hybridized carbons (Fsp3) is 0.583. The average molecular weight is 303 g/mol. The highest BCUT2D eigenvalue weighted by atomic mass is 19.4. The summed E-state index contributed by atoms with van der Waals surface area (Å²) in [5, 5.41) is 7.97. The molecule has 6 nitrogen and oxygen atoms in total. The summed E-state index contributed by atoms with van der Waals surface area (Å²) in [4.78, 5) is 18.7. The van der Waals surface area contributed by atoms with Gasteiger partial charge in [0.2, 0.25) is 11.9 Å². The van der Waals surface area contributed by atoms with Crippen LogP contribution in [0, 0.1) is 0 Å². The van der Waals surface area contributed by atoms with Gasteiger partial charge in [0.05, 0.1) is 0 Å². The van der Waals surface area contributed by atoms with E-state index in [0.29, 0.717) is 0 Å². The van der Waals surface area contributed by atoms with Crippen molar-refractivity contribution in [1.82, 2.24) is 15.3 Å². The van der Waals surface area contributed by atoms with Crippen LogP contribution in [0.3, 0.4) is 0 Å². The molecule has 1 aliphatic rings. The minimum absolute atomic E-state index is 0.0286. The highest BCUT2D eigenvalue weighted by Crippen LogP contribution is 2.29. The van der Waals surface area contributed by atoms with Crippen molar-refractivity contribution in [1.29, 1.82) is 0 Å². The molecule has 3 N–H and O–H groups in total. The predicted molar refractivity (Wildman–Crippen MR) is 70.9 cm³/mol. The van der Waals surface area contributed by atoms with E-state index < -0.39 is 11.9 Å². The summed E-state index contributed by atoms with van der Waals surface area (Å²) in [6, 6.07) is 1.09. The quantitative estimate of drug-likeness (QED) is 0.744. The lowest BCUT2D eigenvalue weighted by atomic mass is 10.3. The molecule has 0 unspecified atom stereocenters. The van der Waals surface area contributed by atoms with Crippen molar-refractivity contribution in [2.75, 3.05) is 24.2 Å². The number of aromatic nitrogens is 2. The molecule has 1 aliphatic carbocycles. The fourth-order valence-electron chi connectivity index (χ4n) is 1.63. The topological polar surface area (TPSA) is 78.9 Å². The lowest BCUT2D eigenvalue weighted by Crippen LogP contribution is -2.27. The maximum absolute atomic E-state index is 12.7. The molecule has 0 atom stereocenters. The summed E-state index contributed by atoms with van der Waals surface area (Å²) < 4.78 is 38.0. The van der Waals surface area contributed by atoms with Gasteiger partial charge in [-0.3, -0.25) is 4.79 Å². The van der Waals surface area contributed by atoms with E-state index in [1.165, 1.54) is 7.05 Å². The standard InChI is InChI=1S/C12H16F3N5O/c1-16-11-19-8(12(13,14)15)6-9(20-11)17-5-4-10(21)18-7-2-3-7/h6-7H,2-5H2,1H3,(H,18,21)(H2,16,17,19,20). The molecule has 21 heavy (non-hydrogen) atoms. The van der Waals surface area contributed by atoms with Crippen LogP contribution >= 0.6 is 0 Å². The third kappa shape index (κ3) is 4.76. The normalized spacial score (nSPS) is 14.7. The first-order valence-corrected chi connectivity index (χ1v) is 6.56. The van der Waals surface area contributed by atoms with Crippen molar-refractivity contribution in [3.63, 3.8) is 0 Å². The third-order valence-electron chi connectivity index (χ3n) is 2.84. The first-order chi connectivity index (χ1) is 9.88. The first-order valence-electron chi connectivity index (χ1n) is 6.56. The molecule has 1 aromatic heterocycles. The van der Waals surface area contributed by atoms with E-state index in [1.807, 2.05) is 0 Å². The second kappa shape index (κ2) is 6.15. The molecule has 9 heteroatoms. The Morgan fingerprint density at radius 1 is 1.38 bits per heavy atom. The molecular weight excluding hydrogens is 287 g/mol. The summed E-state index contributed by atoms with van der Waals surface area (Å²) in [7, 11) is 1.43. The number of rotatable bonds is 6. The van der Waals surface area contributed by atoms with Crippen molar-refractivity contribution >= 4 is 17.7 Å². The fourth-order valence-corrected chi connectivity index (χ4v) is 1.63. The largest absolute Gasteiger partial charge is 0.433 e. The Kier molecular flexibility index (Phi) is 4.49. The number of nitrogens with one attached hydrogen (secondary N) is 3. The van der Waals surface area contributed by atoms with E-state index in [-0.39, 0.29) is 36.7 Å². The predicted octanol–water partition coefficient (Wildman–Crippen LogP) is 1.62. The smallest absolute Gasteiger partial charge is 0.369 e. The van der Waals surface area contributed by atoms with Gasteiger partial charge in [-0.15, -0.1) is 0 Å². The lowest BCUT2D eigenvalue weighted by Gasteiger charge is -2.11. The Hall–Kier alpha value is -2.06. The molecule has 116 valence electrons. The molecule has 0 aromatic carbocycles. The number of nitrogens with zero attached hydrogens (tertiary/aromatic N) is 2. The molecule has 0 radical (unpaired) electrons. The number of amides is 1. The second-order valence-corrected chi connectivity index (χ2v) is 4.73. The summed E-state index contributed by atoms with van der Waals surface area (Å²) in [5.41, 5.74) is -1.04. The summed E-state index contributed by atoms with van der Waals surface area (Å²) in [5.74, 6) is -0.223. The first kappa shape index (κ1) is 15.3. The molecule has 1 amide bonds. The van der Waals surface area contributed by atoms with Crippen molar-refractivity contribution in [2.24, 2.45) is 0 Å². The molecule has 0 saturated heterocycles. The average Bonchev–Trinajstić information content (AvgIpc) is 3.21. The maximum Gasteiger partial charge on any atom is 0.433 e. The monoisotopic (exact) mass is 303 g/mol.